The van der Waals surface area contributed by atoms with E-state index >= 15 is 0 Å². The number of ether oxygens (including phenoxy) is 1. The van der Waals surface area contributed by atoms with Crippen LogP contribution < -0.4 is 16.0 Å². The van der Waals surface area contributed by atoms with Gasteiger partial charge in [0.15, 0.2) is 5.96 Å². The molecule has 1 atom stereocenters. The molecule has 1 aromatic rings. The summed E-state index contributed by atoms with van der Waals surface area (Å²) in [6, 6.07) is 6.07. The topological polar surface area (TPSA) is 74.8 Å². The Morgan fingerprint density at radius 2 is 2.12 bits per heavy atom. The van der Waals surface area contributed by atoms with Gasteiger partial charge >= 0.3 is 0 Å². The van der Waals surface area contributed by atoms with E-state index in [9.17, 15) is 9.18 Å². The van der Waals surface area contributed by atoms with Crippen molar-refractivity contribution in [1.29, 1.82) is 0 Å². The Labute approximate surface area is 148 Å². The van der Waals surface area contributed by atoms with Gasteiger partial charge in [0.05, 0.1) is 12.0 Å². The van der Waals surface area contributed by atoms with Crippen LogP contribution >= 0.6 is 0 Å². The first-order valence-corrected chi connectivity index (χ1v) is 8.60. The Morgan fingerprint density at radius 3 is 2.80 bits per heavy atom. The zero-order valence-electron chi connectivity index (χ0n) is 14.9. The number of nitrogens with zero attached hydrogens (tertiary/aromatic N) is 1. The zero-order chi connectivity index (χ0) is 18.1. The molecule has 7 heteroatoms. The van der Waals surface area contributed by atoms with Gasteiger partial charge in [-0.2, -0.15) is 0 Å². The van der Waals surface area contributed by atoms with Gasteiger partial charge in [0.2, 0.25) is 5.91 Å². The summed E-state index contributed by atoms with van der Waals surface area (Å²) in [6.07, 6.45) is 2.29. The van der Waals surface area contributed by atoms with E-state index in [1.54, 1.807) is 19.2 Å². The van der Waals surface area contributed by atoms with Gasteiger partial charge in [-0.05, 0) is 37.5 Å². The first-order valence-electron chi connectivity index (χ1n) is 8.60. The average molecular weight is 350 g/mol. The Morgan fingerprint density at radius 1 is 1.32 bits per heavy atom. The van der Waals surface area contributed by atoms with Crippen LogP contribution in [-0.2, 0) is 16.0 Å². The number of nitrogens with one attached hydrogen (secondary N) is 3. The maximum absolute atomic E-state index is 13.1. The number of amides is 1. The number of hydrogen-bond acceptors (Lipinski definition) is 3. The van der Waals surface area contributed by atoms with Gasteiger partial charge < -0.3 is 20.7 Å². The minimum absolute atomic E-state index is 0.137. The van der Waals surface area contributed by atoms with Crippen molar-refractivity contribution in [1.82, 2.24) is 16.0 Å². The molecule has 3 N–H and O–H groups in total. The maximum atomic E-state index is 13.1. The lowest BCUT2D eigenvalue weighted by molar-refractivity contribution is -0.120. The fourth-order valence-corrected chi connectivity index (χ4v) is 2.75. The molecule has 25 heavy (non-hydrogen) atoms. The number of aliphatic imine (C=N–C) groups is 1. The van der Waals surface area contributed by atoms with Crippen molar-refractivity contribution in [3.63, 3.8) is 0 Å². The molecule has 1 saturated heterocycles. The molecule has 1 unspecified atom stereocenters. The molecule has 1 amide bonds. The van der Waals surface area contributed by atoms with Gasteiger partial charge in [-0.1, -0.05) is 12.1 Å². The van der Waals surface area contributed by atoms with E-state index in [1.807, 2.05) is 0 Å². The summed E-state index contributed by atoms with van der Waals surface area (Å²) in [5.74, 6) is 0.208. The van der Waals surface area contributed by atoms with Crippen LogP contribution in [0, 0.1) is 5.82 Å². The molecule has 0 bridgehead atoms. The first kappa shape index (κ1) is 19.2. The standard InChI is InChI=1S/C18H27FN4O2/c1-18(7-4-10-25-18)13-23-17(20-2)22-9-8-21-16(24)12-14-5-3-6-15(19)11-14/h3,5-6,11H,4,7-10,12-13H2,1-2H3,(H,21,24)(H2,20,22,23). The molecule has 1 aliphatic heterocycles. The highest BCUT2D eigenvalue weighted by Gasteiger charge is 2.29. The van der Waals surface area contributed by atoms with E-state index in [0.717, 1.165) is 19.4 Å². The Hall–Kier alpha value is -2.15. The van der Waals surface area contributed by atoms with Crippen LogP contribution in [0.3, 0.4) is 0 Å². The van der Waals surface area contributed by atoms with Crippen molar-refractivity contribution in [2.45, 2.75) is 31.8 Å². The van der Waals surface area contributed by atoms with Crippen molar-refractivity contribution in [2.24, 2.45) is 4.99 Å². The number of guanidine groups is 1. The summed E-state index contributed by atoms with van der Waals surface area (Å²) < 4.78 is 18.8. The minimum Gasteiger partial charge on any atom is -0.373 e. The summed E-state index contributed by atoms with van der Waals surface area (Å²) in [5.41, 5.74) is 0.518. The lowest BCUT2D eigenvalue weighted by atomic mass is 10.0. The summed E-state index contributed by atoms with van der Waals surface area (Å²) in [7, 11) is 1.70. The highest BCUT2D eigenvalue weighted by Crippen LogP contribution is 2.23. The molecule has 0 spiro atoms. The van der Waals surface area contributed by atoms with Gasteiger partial charge in [0.25, 0.3) is 0 Å². The quantitative estimate of drug-likeness (QED) is 0.393. The largest absolute Gasteiger partial charge is 0.373 e. The van der Waals surface area contributed by atoms with Gasteiger partial charge in [0, 0.05) is 33.3 Å². The molecular weight excluding hydrogens is 323 g/mol. The minimum atomic E-state index is -0.332. The highest BCUT2D eigenvalue weighted by atomic mass is 19.1. The van der Waals surface area contributed by atoms with Crippen molar-refractivity contribution < 1.29 is 13.9 Å². The van der Waals surface area contributed by atoms with E-state index in [4.69, 9.17) is 4.74 Å². The predicted molar refractivity (Wildman–Crippen MR) is 96.1 cm³/mol. The van der Waals surface area contributed by atoms with Crippen molar-refractivity contribution in [3.8, 4) is 0 Å². The molecular formula is C18H27FN4O2. The molecule has 1 heterocycles. The van der Waals surface area contributed by atoms with Crippen molar-refractivity contribution >= 4 is 11.9 Å². The van der Waals surface area contributed by atoms with Crippen LogP contribution in [0.4, 0.5) is 4.39 Å². The predicted octanol–water partition coefficient (Wildman–Crippen LogP) is 1.22. The third kappa shape index (κ3) is 6.70. The molecule has 1 fully saturated rings. The van der Waals surface area contributed by atoms with E-state index in [-0.39, 0.29) is 23.7 Å². The van der Waals surface area contributed by atoms with Crippen LogP contribution in [0.1, 0.15) is 25.3 Å². The number of benzene rings is 1. The van der Waals surface area contributed by atoms with E-state index in [2.05, 4.69) is 27.9 Å². The van der Waals surface area contributed by atoms with Crippen LogP contribution in [0.2, 0.25) is 0 Å². The molecule has 0 aliphatic carbocycles. The average Bonchev–Trinajstić information content (AvgIpc) is 3.01. The van der Waals surface area contributed by atoms with Crippen molar-refractivity contribution in [2.75, 3.05) is 33.3 Å². The second-order valence-corrected chi connectivity index (χ2v) is 6.41. The fourth-order valence-electron chi connectivity index (χ4n) is 2.75. The number of rotatable bonds is 7. The summed E-state index contributed by atoms with van der Waals surface area (Å²) in [5, 5.41) is 9.20. The van der Waals surface area contributed by atoms with Gasteiger partial charge in [-0.15, -0.1) is 0 Å². The normalized spacial score (nSPS) is 20.4. The van der Waals surface area contributed by atoms with Crippen LogP contribution in [-0.4, -0.2) is 50.8 Å². The number of carbonyl (C=O) groups excluding carboxylic acids is 1. The summed E-state index contributed by atoms with van der Waals surface area (Å²) in [6.45, 7) is 4.60. The number of halogens is 1. The Bertz CT molecular complexity index is 600. The molecule has 6 nitrogen and oxygen atoms in total. The van der Waals surface area contributed by atoms with Gasteiger partial charge in [0.1, 0.15) is 5.82 Å². The summed E-state index contributed by atoms with van der Waals surface area (Å²) >= 11 is 0. The summed E-state index contributed by atoms with van der Waals surface area (Å²) in [4.78, 5) is 16.0. The van der Waals surface area contributed by atoms with E-state index in [1.165, 1.54) is 12.1 Å². The molecule has 1 aliphatic rings. The van der Waals surface area contributed by atoms with Gasteiger partial charge in [-0.3, -0.25) is 9.79 Å². The Kier molecular flexibility index (Phi) is 7.18. The van der Waals surface area contributed by atoms with Crippen LogP contribution in [0.5, 0.6) is 0 Å². The smallest absolute Gasteiger partial charge is 0.224 e. The third-order valence-corrected chi connectivity index (χ3v) is 4.15. The Balaban J connectivity index is 1.62. The maximum Gasteiger partial charge on any atom is 0.224 e. The molecule has 0 radical (unpaired) electrons. The molecule has 2 rings (SSSR count). The molecule has 0 saturated carbocycles. The fraction of sp³-hybridized carbons (Fsp3) is 0.556. The lowest BCUT2D eigenvalue weighted by Crippen LogP contribution is -2.47. The number of hydrogen-bond donors (Lipinski definition) is 3. The molecule has 0 aromatic heterocycles. The van der Waals surface area contributed by atoms with E-state index in [0.29, 0.717) is 31.2 Å². The monoisotopic (exact) mass is 350 g/mol. The molecule has 138 valence electrons. The SMILES string of the molecule is CN=C(NCCNC(=O)Cc1cccc(F)c1)NCC1(C)CCCO1. The van der Waals surface area contributed by atoms with Gasteiger partial charge in [-0.25, -0.2) is 4.39 Å². The van der Waals surface area contributed by atoms with E-state index < -0.39 is 0 Å². The highest BCUT2D eigenvalue weighted by molar-refractivity contribution is 5.80. The zero-order valence-corrected chi connectivity index (χ0v) is 14.9. The van der Waals surface area contributed by atoms with Crippen LogP contribution in [0.15, 0.2) is 29.3 Å². The first-order chi connectivity index (χ1) is 12.0. The number of carbonyl (C=O) groups is 1. The second kappa shape index (κ2) is 9.36. The van der Waals surface area contributed by atoms with Crippen LogP contribution in [0.25, 0.3) is 0 Å². The van der Waals surface area contributed by atoms with Crippen molar-refractivity contribution in [3.05, 3.63) is 35.6 Å². The molecule has 1 aromatic carbocycles. The second-order valence-electron chi connectivity index (χ2n) is 6.41. The third-order valence-electron chi connectivity index (χ3n) is 4.15. The lowest BCUT2D eigenvalue weighted by Gasteiger charge is -2.24.